The fourth-order valence-electron chi connectivity index (χ4n) is 3.62. The molecule has 0 saturated heterocycles. The minimum atomic E-state index is -4.90. The van der Waals surface area contributed by atoms with Gasteiger partial charge in [-0.2, -0.15) is 33.7 Å². The van der Waals surface area contributed by atoms with Crippen LogP contribution in [-0.4, -0.2) is 51.9 Å². The molecular formula is C20H18N2O12S4. The molecule has 0 radical (unpaired) electrons. The molecule has 8 N–H and O–H groups in total. The molecule has 4 aromatic carbocycles. The van der Waals surface area contributed by atoms with E-state index >= 15 is 0 Å². The Morgan fingerprint density at radius 1 is 0.500 bits per heavy atom. The van der Waals surface area contributed by atoms with E-state index in [1.165, 1.54) is 42.5 Å². The SMILES string of the molecule is Nc1cc(S(=O)(=O)O)c2cccc(S(=O)(=O)O)c2c1.Nc1cc2ccccc2c(S(=O)(=O)O)c1S(=O)(=O)O. The third kappa shape index (κ3) is 6.03. The maximum absolute atomic E-state index is 11.4. The summed E-state index contributed by atoms with van der Waals surface area (Å²) in [5.74, 6) is 0. The van der Waals surface area contributed by atoms with Crippen molar-refractivity contribution in [3.63, 3.8) is 0 Å². The van der Waals surface area contributed by atoms with E-state index in [1.807, 2.05) is 0 Å². The number of nitrogen functional groups attached to an aromatic ring is 2. The first-order valence-electron chi connectivity index (χ1n) is 9.76. The van der Waals surface area contributed by atoms with Crippen molar-refractivity contribution < 1.29 is 51.9 Å². The molecule has 0 unspecified atom stereocenters. The summed E-state index contributed by atoms with van der Waals surface area (Å²) in [6.07, 6.45) is 0. The van der Waals surface area contributed by atoms with Crippen molar-refractivity contribution in [1.82, 2.24) is 0 Å². The van der Waals surface area contributed by atoms with Crippen LogP contribution in [0.1, 0.15) is 0 Å². The van der Waals surface area contributed by atoms with Crippen molar-refractivity contribution in [3.05, 3.63) is 60.7 Å². The number of fused-ring (bicyclic) bond motifs is 2. The van der Waals surface area contributed by atoms with Crippen LogP contribution in [0.25, 0.3) is 21.5 Å². The summed E-state index contributed by atoms with van der Waals surface area (Å²) in [5.41, 5.74) is 10.4. The molecule has 0 aliphatic carbocycles. The predicted octanol–water partition coefficient (Wildman–Crippen LogP) is 1.83. The Hall–Kier alpha value is -3.36. The molecule has 14 nitrogen and oxygen atoms in total. The Labute approximate surface area is 216 Å². The maximum Gasteiger partial charge on any atom is 0.298 e. The van der Waals surface area contributed by atoms with Gasteiger partial charge in [-0.1, -0.05) is 36.4 Å². The molecule has 0 bridgehead atoms. The van der Waals surface area contributed by atoms with Crippen LogP contribution >= 0.6 is 0 Å². The number of hydrogen-bond acceptors (Lipinski definition) is 10. The van der Waals surface area contributed by atoms with E-state index in [1.54, 1.807) is 6.07 Å². The summed E-state index contributed by atoms with van der Waals surface area (Å²) in [4.78, 5) is -2.95. The monoisotopic (exact) mass is 606 g/mol. The van der Waals surface area contributed by atoms with Gasteiger partial charge in [0.2, 0.25) is 0 Å². The van der Waals surface area contributed by atoms with Gasteiger partial charge in [-0.25, -0.2) is 0 Å². The fraction of sp³-hybridized carbons (Fsp3) is 0. The average Bonchev–Trinajstić information content (AvgIpc) is 2.74. The number of anilines is 2. The standard InChI is InChI=1S/2C10H9NO6S2/c11-6-4-8-7(10(5-6)19(15,16)17)2-1-3-9(8)18(12,13)14;11-8-5-6-3-1-2-4-7(6)9(18(12,13)14)10(8)19(15,16)17/h2*1-5H,11H2,(H,12,13,14)(H,15,16,17). The molecule has 0 atom stereocenters. The maximum atomic E-state index is 11.4. The first-order valence-corrected chi connectivity index (χ1v) is 15.5. The molecular weight excluding hydrogens is 588 g/mol. The smallest absolute Gasteiger partial charge is 0.298 e. The Bertz CT molecular complexity index is 2040. The van der Waals surface area contributed by atoms with Gasteiger partial charge in [0.15, 0.2) is 0 Å². The van der Waals surface area contributed by atoms with Gasteiger partial charge < -0.3 is 11.5 Å². The summed E-state index contributed by atoms with van der Waals surface area (Å²) >= 11 is 0. The van der Waals surface area contributed by atoms with Crippen molar-refractivity contribution in [2.75, 3.05) is 11.5 Å². The second-order valence-electron chi connectivity index (χ2n) is 7.62. The van der Waals surface area contributed by atoms with Gasteiger partial charge in [0.25, 0.3) is 40.5 Å². The Balaban J connectivity index is 0.000000211. The Kier molecular flexibility index (Phi) is 7.49. The lowest BCUT2D eigenvalue weighted by molar-refractivity contribution is 0.468. The Morgan fingerprint density at radius 2 is 1.03 bits per heavy atom. The summed E-state index contributed by atoms with van der Waals surface area (Å²) in [6, 6.07) is 12.9. The van der Waals surface area contributed by atoms with Gasteiger partial charge in [-0.15, -0.1) is 0 Å². The fourth-order valence-corrected chi connectivity index (χ4v) is 7.21. The van der Waals surface area contributed by atoms with Crippen LogP contribution in [-0.2, 0) is 40.5 Å². The van der Waals surface area contributed by atoms with E-state index in [0.717, 1.165) is 12.1 Å². The zero-order valence-corrected chi connectivity index (χ0v) is 21.9. The molecule has 0 amide bonds. The van der Waals surface area contributed by atoms with Gasteiger partial charge in [-0.05, 0) is 29.7 Å². The molecule has 4 rings (SSSR count). The van der Waals surface area contributed by atoms with Crippen LogP contribution in [0, 0.1) is 0 Å². The number of rotatable bonds is 4. The van der Waals surface area contributed by atoms with E-state index in [0.29, 0.717) is 5.39 Å². The molecule has 0 aromatic heterocycles. The number of benzene rings is 4. The average molecular weight is 607 g/mol. The van der Waals surface area contributed by atoms with Gasteiger partial charge in [0, 0.05) is 21.8 Å². The minimum Gasteiger partial charge on any atom is -0.399 e. The molecule has 0 fully saturated rings. The van der Waals surface area contributed by atoms with Crippen LogP contribution in [0.15, 0.2) is 80.2 Å². The molecule has 0 heterocycles. The van der Waals surface area contributed by atoms with Crippen LogP contribution in [0.2, 0.25) is 0 Å². The van der Waals surface area contributed by atoms with Crippen molar-refractivity contribution in [1.29, 1.82) is 0 Å². The lowest BCUT2D eigenvalue weighted by Crippen LogP contribution is -2.12. The molecule has 0 aliphatic heterocycles. The lowest BCUT2D eigenvalue weighted by Gasteiger charge is -2.11. The zero-order valence-electron chi connectivity index (χ0n) is 18.6. The molecule has 204 valence electrons. The second-order valence-corrected chi connectivity index (χ2v) is 13.1. The van der Waals surface area contributed by atoms with Crippen molar-refractivity contribution in [3.8, 4) is 0 Å². The quantitative estimate of drug-likeness (QED) is 0.143. The summed E-state index contributed by atoms with van der Waals surface area (Å²) < 4.78 is 127. The summed E-state index contributed by atoms with van der Waals surface area (Å²) in [5, 5.41) is 0.135. The highest BCUT2D eigenvalue weighted by molar-refractivity contribution is 7.89. The van der Waals surface area contributed by atoms with Crippen LogP contribution in [0.5, 0.6) is 0 Å². The van der Waals surface area contributed by atoms with Gasteiger partial charge in [-0.3, -0.25) is 18.2 Å². The zero-order chi connectivity index (χ0) is 28.8. The first kappa shape index (κ1) is 29.2. The van der Waals surface area contributed by atoms with E-state index < -0.39 is 65.7 Å². The third-order valence-corrected chi connectivity index (χ3v) is 8.83. The molecule has 18 heteroatoms. The Morgan fingerprint density at radius 3 is 1.55 bits per heavy atom. The van der Waals surface area contributed by atoms with Crippen molar-refractivity contribution >= 4 is 73.4 Å². The van der Waals surface area contributed by atoms with Crippen LogP contribution in [0.3, 0.4) is 0 Å². The molecule has 0 spiro atoms. The molecule has 0 aliphatic rings. The molecule has 38 heavy (non-hydrogen) atoms. The highest BCUT2D eigenvalue weighted by atomic mass is 32.2. The topological polar surface area (TPSA) is 270 Å². The largest absolute Gasteiger partial charge is 0.399 e. The molecule has 4 aromatic rings. The summed E-state index contributed by atoms with van der Waals surface area (Å²) in [7, 11) is -18.9. The normalized spacial score (nSPS) is 12.7. The summed E-state index contributed by atoms with van der Waals surface area (Å²) in [6.45, 7) is 0. The van der Waals surface area contributed by atoms with Crippen molar-refractivity contribution in [2.45, 2.75) is 19.6 Å². The number of hydrogen-bond donors (Lipinski definition) is 6. The number of nitrogens with two attached hydrogens (primary N) is 2. The van der Waals surface area contributed by atoms with E-state index in [9.17, 15) is 38.2 Å². The van der Waals surface area contributed by atoms with Gasteiger partial charge in [0.05, 0.1) is 5.69 Å². The van der Waals surface area contributed by atoms with E-state index in [-0.39, 0.29) is 21.8 Å². The van der Waals surface area contributed by atoms with E-state index in [4.69, 9.17) is 25.1 Å². The van der Waals surface area contributed by atoms with Gasteiger partial charge in [0.1, 0.15) is 19.6 Å². The predicted molar refractivity (Wildman–Crippen MR) is 136 cm³/mol. The van der Waals surface area contributed by atoms with Crippen molar-refractivity contribution in [2.24, 2.45) is 0 Å². The third-order valence-electron chi connectivity index (χ3n) is 5.00. The minimum absolute atomic E-state index is 0.0492. The molecule has 0 saturated carbocycles. The first-order chi connectivity index (χ1) is 17.2. The van der Waals surface area contributed by atoms with Crippen LogP contribution in [0.4, 0.5) is 11.4 Å². The van der Waals surface area contributed by atoms with E-state index in [2.05, 4.69) is 0 Å². The highest BCUT2D eigenvalue weighted by Gasteiger charge is 2.29. The lowest BCUT2D eigenvalue weighted by atomic mass is 10.1. The van der Waals surface area contributed by atoms with Gasteiger partial charge >= 0.3 is 0 Å². The highest BCUT2D eigenvalue weighted by Crippen LogP contribution is 2.34. The second kappa shape index (κ2) is 9.75. The van der Waals surface area contributed by atoms with Crippen LogP contribution < -0.4 is 11.5 Å².